The Morgan fingerprint density at radius 1 is 1.19 bits per heavy atom. The number of aliphatic imine (C=N–C) groups is 1. The maximum atomic E-state index is 5.97. The summed E-state index contributed by atoms with van der Waals surface area (Å²) in [5, 5.41) is 7.98. The minimum absolute atomic E-state index is 0.0890. The van der Waals surface area contributed by atoms with Gasteiger partial charge in [-0.25, -0.2) is 0 Å². The first kappa shape index (κ1) is 18.6. The molecule has 2 aromatic rings. The molecule has 0 saturated carbocycles. The van der Waals surface area contributed by atoms with E-state index in [1.165, 1.54) is 5.56 Å². The van der Waals surface area contributed by atoms with Crippen molar-refractivity contribution in [2.45, 2.75) is 25.3 Å². The van der Waals surface area contributed by atoms with Crippen LogP contribution in [-0.4, -0.2) is 31.1 Å². The summed E-state index contributed by atoms with van der Waals surface area (Å²) in [6, 6.07) is 18.7. The predicted molar refractivity (Wildman–Crippen MR) is 112 cm³/mol. The minimum atomic E-state index is -0.0890. The number of rotatable bonds is 7. The lowest BCUT2D eigenvalue weighted by Gasteiger charge is -2.36. The fourth-order valence-electron chi connectivity index (χ4n) is 3.00. The van der Waals surface area contributed by atoms with Crippen LogP contribution in [0.15, 0.2) is 59.6 Å². The summed E-state index contributed by atoms with van der Waals surface area (Å²) >= 11 is 1.78. The van der Waals surface area contributed by atoms with E-state index in [2.05, 4.69) is 52.9 Å². The minimum Gasteiger partial charge on any atom is -0.494 e. The van der Waals surface area contributed by atoms with E-state index in [-0.39, 0.29) is 5.54 Å². The lowest BCUT2D eigenvalue weighted by atomic mass is 9.89. The molecule has 1 atom stereocenters. The van der Waals surface area contributed by atoms with Crippen LogP contribution in [0.25, 0.3) is 0 Å². The van der Waals surface area contributed by atoms with Gasteiger partial charge in [-0.05, 0) is 49.6 Å². The number of anilines is 1. The van der Waals surface area contributed by atoms with Crippen LogP contribution in [0.1, 0.15) is 25.3 Å². The Hall–Kier alpha value is -2.14. The van der Waals surface area contributed by atoms with Crippen molar-refractivity contribution in [1.82, 2.24) is 5.32 Å². The van der Waals surface area contributed by atoms with Crippen LogP contribution < -0.4 is 15.4 Å². The predicted octanol–water partition coefficient (Wildman–Crippen LogP) is 4.50. The van der Waals surface area contributed by atoms with Crippen LogP contribution in [0.3, 0.4) is 0 Å². The average Bonchev–Trinajstić information content (AvgIpc) is 2.69. The van der Waals surface area contributed by atoms with Crippen molar-refractivity contribution >= 4 is 22.6 Å². The summed E-state index contributed by atoms with van der Waals surface area (Å²) < 4.78 is 5.97. The monoisotopic (exact) mass is 369 g/mol. The normalized spacial score (nSPS) is 21.2. The maximum Gasteiger partial charge on any atom is 0.156 e. The summed E-state index contributed by atoms with van der Waals surface area (Å²) in [4.78, 5) is 4.32. The van der Waals surface area contributed by atoms with E-state index >= 15 is 0 Å². The highest BCUT2D eigenvalue weighted by Gasteiger charge is 2.31. The third kappa shape index (κ3) is 4.94. The van der Waals surface area contributed by atoms with E-state index in [0.29, 0.717) is 6.61 Å². The number of benzene rings is 2. The number of hydrogen-bond acceptors (Lipinski definition) is 4. The lowest BCUT2D eigenvalue weighted by Crippen LogP contribution is -2.46. The van der Waals surface area contributed by atoms with E-state index in [4.69, 9.17) is 4.74 Å². The topological polar surface area (TPSA) is 45.7 Å². The highest BCUT2D eigenvalue weighted by atomic mass is 32.2. The summed E-state index contributed by atoms with van der Waals surface area (Å²) in [5.41, 5.74) is 2.31. The Balaban J connectivity index is 1.51. The highest BCUT2D eigenvalue weighted by Crippen LogP contribution is 2.33. The highest BCUT2D eigenvalue weighted by molar-refractivity contribution is 8.13. The Labute approximate surface area is 160 Å². The van der Waals surface area contributed by atoms with Crippen molar-refractivity contribution in [3.05, 3.63) is 60.2 Å². The SMILES string of the molecule is CN=C1NC(C)(c2cccc(OCCCNc3ccccc3)c2)CCS1. The molecule has 0 bridgehead atoms. The number of para-hydroxylation sites is 1. The molecule has 0 amide bonds. The molecule has 4 nitrogen and oxygen atoms in total. The van der Waals surface area contributed by atoms with Gasteiger partial charge >= 0.3 is 0 Å². The van der Waals surface area contributed by atoms with Gasteiger partial charge in [-0.1, -0.05) is 42.1 Å². The molecule has 2 N–H and O–H groups in total. The molecule has 1 aliphatic heterocycles. The molecule has 0 aliphatic carbocycles. The van der Waals surface area contributed by atoms with Gasteiger partial charge in [-0.15, -0.1) is 0 Å². The Bertz CT molecular complexity index is 735. The van der Waals surface area contributed by atoms with Crippen LogP contribution in [0, 0.1) is 0 Å². The van der Waals surface area contributed by atoms with Crippen LogP contribution >= 0.6 is 11.8 Å². The maximum absolute atomic E-state index is 5.97. The second-order valence-corrected chi connectivity index (χ2v) is 7.69. The van der Waals surface area contributed by atoms with Crippen molar-refractivity contribution in [2.75, 3.05) is 31.3 Å². The number of hydrogen-bond donors (Lipinski definition) is 2. The number of nitrogens with one attached hydrogen (secondary N) is 2. The Morgan fingerprint density at radius 3 is 2.85 bits per heavy atom. The molecule has 1 heterocycles. The molecule has 0 spiro atoms. The fourth-order valence-corrected chi connectivity index (χ4v) is 4.13. The lowest BCUT2D eigenvalue weighted by molar-refractivity contribution is 0.313. The van der Waals surface area contributed by atoms with E-state index in [9.17, 15) is 0 Å². The van der Waals surface area contributed by atoms with Gasteiger partial charge in [-0.3, -0.25) is 4.99 Å². The van der Waals surface area contributed by atoms with Gasteiger partial charge < -0.3 is 15.4 Å². The molecule has 0 radical (unpaired) electrons. The molecule has 3 rings (SSSR count). The molecule has 1 unspecified atom stereocenters. The smallest absolute Gasteiger partial charge is 0.156 e. The zero-order valence-electron chi connectivity index (χ0n) is 15.5. The van der Waals surface area contributed by atoms with Gasteiger partial charge in [0, 0.05) is 25.0 Å². The van der Waals surface area contributed by atoms with Crippen molar-refractivity contribution in [3.8, 4) is 5.75 Å². The Morgan fingerprint density at radius 2 is 2.04 bits per heavy atom. The van der Waals surface area contributed by atoms with Gasteiger partial charge in [0.25, 0.3) is 0 Å². The molecule has 5 heteroatoms. The van der Waals surface area contributed by atoms with Crippen molar-refractivity contribution < 1.29 is 4.74 Å². The second-order valence-electron chi connectivity index (χ2n) is 6.61. The fraction of sp³-hybridized carbons (Fsp3) is 0.381. The number of ether oxygens (including phenoxy) is 1. The summed E-state index contributed by atoms with van der Waals surface area (Å²) in [5.74, 6) is 2.00. The average molecular weight is 370 g/mol. The van der Waals surface area contributed by atoms with Crippen LogP contribution in [-0.2, 0) is 5.54 Å². The quantitative estimate of drug-likeness (QED) is 0.706. The van der Waals surface area contributed by atoms with Crippen molar-refractivity contribution in [2.24, 2.45) is 4.99 Å². The third-order valence-corrected chi connectivity index (χ3v) is 5.56. The van der Waals surface area contributed by atoms with Crippen LogP contribution in [0.2, 0.25) is 0 Å². The molecule has 1 aliphatic rings. The van der Waals surface area contributed by atoms with Gasteiger partial charge in [0.2, 0.25) is 0 Å². The standard InChI is InChI=1S/C21H27N3OS/c1-21(12-15-26-20(22-2)24-21)17-8-6-11-19(16-17)25-14-7-13-23-18-9-4-3-5-10-18/h3-6,8-11,16,23H,7,12-15H2,1-2H3,(H,22,24). The molecule has 138 valence electrons. The van der Waals surface area contributed by atoms with E-state index in [1.807, 2.05) is 31.3 Å². The van der Waals surface area contributed by atoms with Crippen molar-refractivity contribution in [3.63, 3.8) is 0 Å². The van der Waals surface area contributed by atoms with Crippen LogP contribution in [0.5, 0.6) is 5.75 Å². The van der Waals surface area contributed by atoms with Gasteiger partial charge in [0.1, 0.15) is 5.75 Å². The van der Waals surface area contributed by atoms with Crippen molar-refractivity contribution in [1.29, 1.82) is 0 Å². The summed E-state index contributed by atoms with van der Waals surface area (Å²) in [6.45, 7) is 3.84. The molecular formula is C21H27N3OS. The number of amidine groups is 1. The molecule has 1 fully saturated rings. The van der Waals surface area contributed by atoms with E-state index in [1.54, 1.807) is 11.8 Å². The summed E-state index contributed by atoms with van der Waals surface area (Å²) in [7, 11) is 1.84. The largest absolute Gasteiger partial charge is 0.494 e. The van der Waals surface area contributed by atoms with E-state index < -0.39 is 0 Å². The zero-order chi connectivity index (χ0) is 18.2. The Kier molecular flexibility index (Phi) is 6.45. The first-order chi connectivity index (χ1) is 12.7. The molecule has 26 heavy (non-hydrogen) atoms. The summed E-state index contributed by atoms with van der Waals surface area (Å²) in [6.07, 6.45) is 2.03. The van der Waals surface area contributed by atoms with Gasteiger partial charge in [0.15, 0.2) is 5.17 Å². The number of thioether (sulfide) groups is 1. The zero-order valence-corrected chi connectivity index (χ0v) is 16.3. The van der Waals surface area contributed by atoms with Crippen LogP contribution in [0.4, 0.5) is 5.69 Å². The van der Waals surface area contributed by atoms with Gasteiger partial charge in [-0.2, -0.15) is 0 Å². The molecule has 1 saturated heterocycles. The molecular weight excluding hydrogens is 342 g/mol. The first-order valence-corrected chi connectivity index (χ1v) is 10.1. The first-order valence-electron chi connectivity index (χ1n) is 9.10. The molecule has 0 aromatic heterocycles. The molecule has 2 aromatic carbocycles. The number of nitrogens with zero attached hydrogens (tertiary/aromatic N) is 1. The van der Waals surface area contributed by atoms with E-state index in [0.717, 1.165) is 41.7 Å². The third-order valence-electron chi connectivity index (χ3n) is 4.59. The van der Waals surface area contributed by atoms with Gasteiger partial charge in [0.05, 0.1) is 12.1 Å². The second kappa shape index (κ2) is 8.99.